The van der Waals surface area contributed by atoms with E-state index in [-0.39, 0.29) is 11.2 Å². The molecule has 0 spiro atoms. The van der Waals surface area contributed by atoms with Crippen molar-refractivity contribution < 1.29 is 14.3 Å². The highest BCUT2D eigenvalue weighted by atomic mass is 35.5. The van der Waals surface area contributed by atoms with Gasteiger partial charge in [-0.25, -0.2) is 0 Å². The van der Waals surface area contributed by atoms with Crippen molar-refractivity contribution in [2.24, 2.45) is 0 Å². The van der Waals surface area contributed by atoms with Gasteiger partial charge in [0.15, 0.2) is 11.5 Å². The van der Waals surface area contributed by atoms with Gasteiger partial charge in [0.25, 0.3) is 0 Å². The monoisotopic (exact) mass is 399 g/mol. The van der Waals surface area contributed by atoms with E-state index >= 15 is 0 Å². The van der Waals surface area contributed by atoms with Gasteiger partial charge < -0.3 is 14.8 Å². The Kier molecular flexibility index (Phi) is 7.29. The molecule has 0 saturated carbocycles. The van der Waals surface area contributed by atoms with E-state index in [9.17, 15) is 4.79 Å². The lowest BCUT2D eigenvalue weighted by atomic mass is 10.2. The number of halogens is 2. The molecule has 2 rings (SSSR count). The summed E-state index contributed by atoms with van der Waals surface area (Å²) in [6, 6.07) is 10.7. The van der Waals surface area contributed by atoms with Gasteiger partial charge in [0, 0.05) is 16.5 Å². The summed E-state index contributed by atoms with van der Waals surface area (Å²) in [4.78, 5) is 13.1. The molecular formula is C18H19Cl2NO3S. The van der Waals surface area contributed by atoms with Crippen LogP contribution in [0.15, 0.2) is 41.3 Å². The number of hydrogen-bond acceptors (Lipinski definition) is 4. The lowest BCUT2D eigenvalue weighted by Crippen LogP contribution is -2.30. The molecule has 0 bridgehead atoms. The maximum atomic E-state index is 12.3. The number of hydrogen-bond donors (Lipinski definition) is 1. The Morgan fingerprint density at radius 3 is 2.52 bits per heavy atom. The van der Waals surface area contributed by atoms with Crippen LogP contribution in [0.1, 0.15) is 12.5 Å². The number of nitrogens with one attached hydrogen (secondary N) is 1. The van der Waals surface area contributed by atoms with Crippen molar-refractivity contribution >= 4 is 40.9 Å². The number of thioether (sulfide) groups is 1. The number of methoxy groups -OCH3 is 2. The first-order valence-electron chi connectivity index (χ1n) is 7.55. The highest BCUT2D eigenvalue weighted by molar-refractivity contribution is 8.00. The molecule has 4 nitrogen and oxygen atoms in total. The molecule has 2 aromatic rings. The highest BCUT2D eigenvalue weighted by Crippen LogP contribution is 2.33. The van der Waals surface area contributed by atoms with Crippen LogP contribution in [0.5, 0.6) is 11.5 Å². The van der Waals surface area contributed by atoms with Crippen molar-refractivity contribution in [3.8, 4) is 11.5 Å². The van der Waals surface area contributed by atoms with Crippen molar-refractivity contribution in [1.29, 1.82) is 0 Å². The van der Waals surface area contributed by atoms with Gasteiger partial charge in [-0.3, -0.25) is 4.79 Å². The molecule has 0 unspecified atom stereocenters. The third-order valence-corrected chi connectivity index (χ3v) is 5.32. The molecule has 1 atom stereocenters. The van der Waals surface area contributed by atoms with Crippen molar-refractivity contribution in [1.82, 2.24) is 5.32 Å². The van der Waals surface area contributed by atoms with Crippen LogP contribution < -0.4 is 14.8 Å². The van der Waals surface area contributed by atoms with Crippen LogP contribution in [0, 0.1) is 0 Å². The number of amides is 1. The van der Waals surface area contributed by atoms with Gasteiger partial charge in [0.2, 0.25) is 5.91 Å². The molecule has 0 heterocycles. The van der Waals surface area contributed by atoms with Gasteiger partial charge in [-0.1, -0.05) is 29.3 Å². The fraction of sp³-hybridized carbons (Fsp3) is 0.278. The van der Waals surface area contributed by atoms with E-state index in [0.29, 0.717) is 28.1 Å². The molecule has 0 radical (unpaired) electrons. The minimum absolute atomic E-state index is 0.0872. The normalized spacial score (nSPS) is 11.7. The predicted molar refractivity (Wildman–Crippen MR) is 103 cm³/mol. The Bertz CT molecular complexity index is 755. The summed E-state index contributed by atoms with van der Waals surface area (Å²) in [6.45, 7) is 2.22. The van der Waals surface area contributed by atoms with Gasteiger partial charge in [-0.2, -0.15) is 0 Å². The Morgan fingerprint density at radius 2 is 1.84 bits per heavy atom. The van der Waals surface area contributed by atoms with Crippen LogP contribution in [0.4, 0.5) is 0 Å². The van der Waals surface area contributed by atoms with Crippen molar-refractivity contribution in [3.05, 3.63) is 52.0 Å². The molecule has 0 fully saturated rings. The maximum Gasteiger partial charge on any atom is 0.233 e. The van der Waals surface area contributed by atoms with E-state index in [0.717, 1.165) is 10.5 Å². The quantitative estimate of drug-likeness (QED) is 0.678. The fourth-order valence-electron chi connectivity index (χ4n) is 2.13. The zero-order chi connectivity index (χ0) is 18.4. The summed E-state index contributed by atoms with van der Waals surface area (Å²) in [6.07, 6.45) is 0. The number of carbonyl (C=O) groups excluding carboxylic acids is 1. The highest BCUT2D eigenvalue weighted by Gasteiger charge is 2.16. The molecule has 0 aliphatic heterocycles. The molecule has 1 N–H and O–H groups in total. The van der Waals surface area contributed by atoms with E-state index < -0.39 is 0 Å². The van der Waals surface area contributed by atoms with Crippen LogP contribution >= 0.6 is 35.0 Å². The van der Waals surface area contributed by atoms with E-state index in [1.807, 2.05) is 25.1 Å². The summed E-state index contributed by atoms with van der Waals surface area (Å²) in [5, 5.41) is 3.77. The lowest BCUT2D eigenvalue weighted by Gasteiger charge is -2.14. The number of carbonyl (C=O) groups is 1. The van der Waals surface area contributed by atoms with Gasteiger partial charge in [-0.05, 0) is 42.8 Å². The summed E-state index contributed by atoms with van der Waals surface area (Å²) >= 11 is 13.5. The van der Waals surface area contributed by atoms with E-state index in [1.165, 1.54) is 11.8 Å². The fourth-order valence-corrected chi connectivity index (χ4v) is 3.57. The molecule has 0 aliphatic carbocycles. The number of ether oxygens (including phenoxy) is 2. The largest absolute Gasteiger partial charge is 0.493 e. The lowest BCUT2D eigenvalue weighted by molar-refractivity contribution is -0.120. The standard InChI is InChI=1S/C18H19Cl2NO3S/c1-11(25-17-9-13(19)5-6-14(17)20)18(22)21-10-12-4-7-15(23-2)16(8-12)24-3/h4-9,11H,10H2,1-3H3,(H,21,22)/t11-/m0/s1. The smallest absolute Gasteiger partial charge is 0.233 e. The van der Waals surface area contributed by atoms with Gasteiger partial charge >= 0.3 is 0 Å². The van der Waals surface area contributed by atoms with Gasteiger partial charge in [0.05, 0.1) is 24.5 Å². The van der Waals surface area contributed by atoms with Crippen LogP contribution in [-0.4, -0.2) is 25.4 Å². The Morgan fingerprint density at radius 1 is 1.12 bits per heavy atom. The summed E-state index contributed by atoms with van der Waals surface area (Å²) in [5.74, 6) is 1.19. The second-order valence-corrected chi connectivity index (χ2v) is 7.47. The minimum Gasteiger partial charge on any atom is -0.493 e. The van der Waals surface area contributed by atoms with E-state index in [2.05, 4.69) is 5.32 Å². The molecule has 1 amide bonds. The van der Waals surface area contributed by atoms with Crippen LogP contribution in [0.25, 0.3) is 0 Å². The van der Waals surface area contributed by atoms with Crippen LogP contribution in [0.2, 0.25) is 10.0 Å². The Labute approximate surface area is 161 Å². The third kappa shape index (κ3) is 5.46. The molecule has 25 heavy (non-hydrogen) atoms. The van der Waals surface area contributed by atoms with Crippen molar-refractivity contribution in [2.45, 2.75) is 23.6 Å². The Hall–Kier alpha value is -1.56. The van der Waals surface area contributed by atoms with Gasteiger partial charge in [-0.15, -0.1) is 11.8 Å². The first kappa shape index (κ1) is 19.8. The molecule has 2 aromatic carbocycles. The second-order valence-electron chi connectivity index (χ2n) is 5.24. The average molecular weight is 400 g/mol. The topological polar surface area (TPSA) is 47.6 Å². The van der Waals surface area contributed by atoms with E-state index in [1.54, 1.807) is 32.4 Å². The first-order chi connectivity index (χ1) is 11.9. The van der Waals surface area contributed by atoms with Gasteiger partial charge in [0.1, 0.15) is 0 Å². The zero-order valence-electron chi connectivity index (χ0n) is 14.1. The number of rotatable bonds is 7. The van der Waals surface area contributed by atoms with E-state index in [4.69, 9.17) is 32.7 Å². The maximum absolute atomic E-state index is 12.3. The first-order valence-corrected chi connectivity index (χ1v) is 9.18. The molecule has 0 saturated heterocycles. The van der Waals surface area contributed by atoms with Crippen LogP contribution in [-0.2, 0) is 11.3 Å². The second kappa shape index (κ2) is 9.22. The third-order valence-electron chi connectivity index (χ3n) is 3.48. The Balaban J connectivity index is 1.96. The molecule has 0 aromatic heterocycles. The minimum atomic E-state index is -0.309. The molecule has 7 heteroatoms. The molecule has 134 valence electrons. The molecular weight excluding hydrogens is 381 g/mol. The zero-order valence-corrected chi connectivity index (χ0v) is 16.5. The summed E-state index contributed by atoms with van der Waals surface area (Å²) in [7, 11) is 3.16. The van der Waals surface area contributed by atoms with Crippen molar-refractivity contribution in [2.75, 3.05) is 14.2 Å². The SMILES string of the molecule is COc1ccc(CNC(=O)[C@H](C)Sc2cc(Cl)ccc2Cl)cc1OC. The van der Waals surface area contributed by atoms with Crippen LogP contribution in [0.3, 0.4) is 0 Å². The number of benzene rings is 2. The summed E-state index contributed by atoms with van der Waals surface area (Å²) < 4.78 is 10.5. The average Bonchev–Trinajstić information content (AvgIpc) is 2.62. The molecule has 0 aliphatic rings. The predicted octanol–water partition coefficient (Wildman–Crippen LogP) is 4.81. The van der Waals surface area contributed by atoms with Crippen molar-refractivity contribution in [3.63, 3.8) is 0 Å². The summed E-state index contributed by atoms with van der Waals surface area (Å²) in [5.41, 5.74) is 0.920.